The third kappa shape index (κ3) is 7.48. The Morgan fingerprint density at radius 2 is 1.66 bits per heavy atom. The van der Waals surface area contributed by atoms with Crippen LogP contribution >= 0.6 is 0 Å². The van der Waals surface area contributed by atoms with Gasteiger partial charge in [-0.15, -0.1) is 0 Å². The minimum Gasteiger partial charge on any atom is -0.494 e. The van der Waals surface area contributed by atoms with Gasteiger partial charge in [0.05, 0.1) is 6.61 Å². The van der Waals surface area contributed by atoms with E-state index < -0.39 is 0 Å². The van der Waals surface area contributed by atoms with Gasteiger partial charge in [0.2, 0.25) is 0 Å². The van der Waals surface area contributed by atoms with Gasteiger partial charge in [0.25, 0.3) is 0 Å². The lowest BCUT2D eigenvalue weighted by molar-refractivity contribution is -0.114. The molecule has 1 heterocycles. The second-order valence-electron chi connectivity index (χ2n) is 7.57. The van der Waals surface area contributed by atoms with Crippen LogP contribution in [0.25, 0.3) is 6.08 Å². The fourth-order valence-electron chi connectivity index (χ4n) is 3.45. The van der Waals surface area contributed by atoms with Crippen LogP contribution in [0, 0.1) is 0 Å². The van der Waals surface area contributed by atoms with E-state index >= 15 is 0 Å². The van der Waals surface area contributed by atoms with Crippen LogP contribution in [-0.2, 0) is 11.3 Å². The average Bonchev–Trinajstić information content (AvgIpc) is 2.77. The summed E-state index contributed by atoms with van der Waals surface area (Å²) in [6, 6.07) is 18.5. The molecular formula is C25H32N2O2. The number of piperazine rings is 1. The molecule has 0 spiro atoms. The summed E-state index contributed by atoms with van der Waals surface area (Å²) in [7, 11) is 0. The van der Waals surface area contributed by atoms with E-state index in [4.69, 9.17) is 4.74 Å². The van der Waals surface area contributed by atoms with Crippen molar-refractivity contribution in [2.45, 2.75) is 26.3 Å². The molecule has 0 saturated carbocycles. The van der Waals surface area contributed by atoms with E-state index in [-0.39, 0.29) is 5.78 Å². The minimum absolute atomic E-state index is 0.183. The van der Waals surface area contributed by atoms with Gasteiger partial charge < -0.3 is 9.64 Å². The predicted molar refractivity (Wildman–Crippen MR) is 119 cm³/mol. The Morgan fingerprint density at radius 3 is 2.34 bits per heavy atom. The summed E-state index contributed by atoms with van der Waals surface area (Å²) < 4.78 is 5.58. The fourth-order valence-corrected chi connectivity index (χ4v) is 3.45. The first-order valence-corrected chi connectivity index (χ1v) is 10.7. The Morgan fingerprint density at radius 1 is 0.966 bits per heavy atom. The van der Waals surface area contributed by atoms with Crippen LogP contribution in [0.4, 0.5) is 0 Å². The topological polar surface area (TPSA) is 32.8 Å². The summed E-state index contributed by atoms with van der Waals surface area (Å²) >= 11 is 0. The highest BCUT2D eigenvalue weighted by molar-refractivity contribution is 5.93. The first-order chi connectivity index (χ1) is 14.2. The molecule has 2 aromatic rings. The lowest BCUT2D eigenvalue weighted by Gasteiger charge is -2.34. The monoisotopic (exact) mass is 392 g/mol. The maximum atomic E-state index is 12.2. The summed E-state index contributed by atoms with van der Waals surface area (Å²) in [5.74, 6) is 1.06. The Balaban J connectivity index is 1.35. The number of hydrogen-bond acceptors (Lipinski definition) is 4. The fraction of sp³-hybridized carbons (Fsp3) is 0.400. The highest BCUT2D eigenvalue weighted by Crippen LogP contribution is 2.14. The Labute approximate surface area is 174 Å². The number of ketones is 1. The Hall–Kier alpha value is -2.43. The standard InChI is InChI=1S/C25H32N2O2/c1-2-20-29-25-12-9-22(10-13-25)8-11-24(28)14-15-26-16-18-27(19-17-26)21-23-6-4-3-5-7-23/h3-13H,2,14-21H2,1H3. The molecule has 154 valence electrons. The summed E-state index contributed by atoms with van der Waals surface area (Å²) in [5.41, 5.74) is 2.39. The lowest BCUT2D eigenvalue weighted by atomic mass is 10.1. The zero-order valence-corrected chi connectivity index (χ0v) is 17.4. The molecule has 1 saturated heterocycles. The smallest absolute Gasteiger partial charge is 0.156 e. The van der Waals surface area contributed by atoms with Gasteiger partial charge in [0.15, 0.2) is 5.78 Å². The van der Waals surface area contributed by atoms with Gasteiger partial charge in [-0.1, -0.05) is 55.5 Å². The SMILES string of the molecule is CCCOc1ccc(C=CC(=O)CCN2CCN(Cc3ccccc3)CC2)cc1. The molecule has 0 atom stereocenters. The van der Waals surface area contributed by atoms with Gasteiger partial charge in [-0.2, -0.15) is 0 Å². The third-order valence-electron chi connectivity index (χ3n) is 5.20. The molecule has 0 N–H and O–H groups in total. The molecule has 0 bridgehead atoms. The largest absolute Gasteiger partial charge is 0.494 e. The number of allylic oxidation sites excluding steroid dienone is 1. The first kappa shape index (κ1) is 21.3. The van der Waals surface area contributed by atoms with Crippen molar-refractivity contribution < 1.29 is 9.53 Å². The van der Waals surface area contributed by atoms with E-state index in [2.05, 4.69) is 47.1 Å². The number of hydrogen-bond donors (Lipinski definition) is 0. The summed E-state index contributed by atoms with van der Waals surface area (Å²) in [4.78, 5) is 17.1. The van der Waals surface area contributed by atoms with Gasteiger partial charge in [-0.3, -0.25) is 9.69 Å². The van der Waals surface area contributed by atoms with Crippen molar-refractivity contribution in [2.24, 2.45) is 0 Å². The van der Waals surface area contributed by atoms with Gasteiger partial charge in [-0.25, -0.2) is 0 Å². The summed E-state index contributed by atoms with van der Waals surface area (Å²) in [6.45, 7) is 8.86. The highest BCUT2D eigenvalue weighted by atomic mass is 16.5. The summed E-state index contributed by atoms with van der Waals surface area (Å²) in [6.07, 6.45) is 5.17. The van der Waals surface area contributed by atoms with Crippen molar-refractivity contribution in [3.05, 3.63) is 71.8 Å². The van der Waals surface area contributed by atoms with Crippen molar-refractivity contribution in [1.82, 2.24) is 9.80 Å². The molecule has 0 unspecified atom stereocenters. The summed E-state index contributed by atoms with van der Waals surface area (Å²) in [5, 5.41) is 0. The van der Waals surface area contributed by atoms with Gasteiger partial charge in [0.1, 0.15) is 5.75 Å². The molecule has 3 rings (SSSR count). The lowest BCUT2D eigenvalue weighted by Crippen LogP contribution is -2.46. The van der Waals surface area contributed by atoms with Crippen molar-refractivity contribution in [3.63, 3.8) is 0 Å². The first-order valence-electron chi connectivity index (χ1n) is 10.7. The number of carbonyl (C=O) groups excluding carboxylic acids is 1. The van der Waals surface area contributed by atoms with Crippen molar-refractivity contribution in [1.29, 1.82) is 0 Å². The number of carbonyl (C=O) groups is 1. The van der Waals surface area contributed by atoms with Gasteiger partial charge in [0, 0.05) is 45.7 Å². The van der Waals surface area contributed by atoms with E-state index in [1.54, 1.807) is 6.08 Å². The van der Waals surface area contributed by atoms with Crippen LogP contribution in [0.15, 0.2) is 60.7 Å². The van der Waals surface area contributed by atoms with Crippen molar-refractivity contribution in [3.8, 4) is 5.75 Å². The Kier molecular flexibility index (Phi) is 8.47. The molecule has 4 nitrogen and oxygen atoms in total. The average molecular weight is 393 g/mol. The normalized spacial score (nSPS) is 15.6. The molecule has 0 radical (unpaired) electrons. The van der Waals surface area contributed by atoms with Gasteiger partial charge >= 0.3 is 0 Å². The minimum atomic E-state index is 0.183. The predicted octanol–water partition coefficient (Wildman–Crippen LogP) is 4.27. The molecule has 0 aliphatic carbocycles. The van der Waals surface area contributed by atoms with E-state index in [0.29, 0.717) is 6.42 Å². The number of rotatable bonds is 10. The molecule has 29 heavy (non-hydrogen) atoms. The molecule has 0 aromatic heterocycles. The zero-order chi connectivity index (χ0) is 20.3. The van der Waals surface area contributed by atoms with E-state index in [1.165, 1.54) is 5.56 Å². The molecule has 2 aromatic carbocycles. The van der Waals surface area contributed by atoms with Crippen LogP contribution in [0.3, 0.4) is 0 Å². The highest BCUT2D eigenvalue weighted by Gasteiger charge is 2.17. The number of ether oxygens (including phenoxy) is 1. The maximum absolute atomic E-state index is 12.2. The third-order valence-corrected chi connectivity index (χ3v) is 5.20. The molecule has 1 aliphatic heterocycles. The van der Waals surface area contributed by atoms with Crippen molar-refractivity contribution >= 4 is 11.9 Å². The second kappa shape index (κ2) is 11.5. The van der Waals surface area contributed by atoms with E-state index in [9.17, 15) is 4.79 Å². The number of benzene rings is 2. The molecule has 1 aliphatic rings. The van der Waals surface area contributed by atoms with E-state index in [0.717, 1.165) is 63.6 Å². The van der Waals surface area contributed by atoms with E-state index in [1.807, 2.05) is 30.3 Å². The Bertz CT molecular complexity index is 763. The quantitative estimate of drug-likeness (QED) is 0.566. The van der Waals surface area contributed by atoms with Crippen LogP contribution < -0.4 is 4.74 Å². The molecule has 4 heteroatoms. The molecule has 1 fully saturated rings. The van der Waals surface area contributed by atoms with Crippen LogP contribution in [0.2, 0.25) is 0 Å². The maximum Gasteiger partial charge on any atom is 0.156 e. The van der Waals surface area contributed by atoms with Crippen LogP contribution in [-0.4, -0.2) is 54.9 Å². The molecular weight excluding hydrogens is 360 g/mol. The zero-order valence-electron chi connectivity index (χ0n) is 17.4. The number of nitrogens with zero attached hydrogens (tertiary/aromatic N) is 2. The van der Waals surface area contributed by atoms with Crippen LogP contribution in [0.1, 0.15) is 30.9 Å². The van der Waals surface area contributed by atoms with Gasteiger partial charge in [-0.05, 0) is 35.8 Å². The van der Waals surface area contributed by atoms with Crippen LogP contribution in [0.5, 0.6) is 5.75 Å². The molecule has 0 amide bonds. The second-order valence-corrected chi connectivity index (χ2v) is 7.57. The van der Waals surface area contributed by atoms with Crippen molar-refractivity contribution in [2.75, 3.05) is 39.3 Å².